The van der Waals surface area contributed by atoms with Crippen molar-refractivity contribution in [3.63, 3.8) is 0 Å². The largest absolute Gasteiger partial charge is 0.481 e. The van der Waals surface area contributed by atoms with Crippen molar-refractivity contribution in [2.75, 3.05) is 0 Å². The molecule has 0 radical (unpaired) electrons. The van der Waals surface area contributed by atoms with Gasteiger partial charge in [-0.3, -0.25) is 4.79 Å². The zero-order valence-corrected chi connectivity index (χ0v) is 12.2. The van der Waals surface area contributed by atoms with Crippen LogP contribution in [0.4, 0.5) is 0 Å². The smallest absolute Gasteiger partial charge is 0.310 e. The summed E-state index contributed by atoms with van der Waals surface area (Å²) in [6.45, 7) is 5.36. The van der Waals surface area contributed by atoms with Crippen molar-refractivity contribution in [1.82, 2.24) is 20.2 Å². The number of carbonyl (C=O) groups is 1. The number of nitrogens with zero attached hydrogens (tertiary/aromatic N) is 4. The first-order valence-corrected chi connectivity index (χ1v) is 6.44. The summed E-state index contributed by atoms with van der Waals surface area (Å²) in [5.41, 5.74) is 0.790. The number of tetrazole rings is 1. The standard InChI is InChI=1S/C13H15ClN4O2/c1-8-4-9(6-10(14)5-8)11-15-16-17-18(11)7-13(2,3)12(19)20/h4-6H,7H2,1-3H3,(H,19,20). The maximum atomic E-state index is 11.2. The highest BCUT2D eigenvalue weighted by molar-refractivity contribution is 6.30. The first-order valence-electron chi connectivity index (χ1n) is 6.07. The number of halogens is 1. The van der Waals surface area contributed by atoms with Crippen LogP contribution in [0.25, 0.3) is 11.4 Å². The highest BCUT2D eigenvalue weighted by Crippen LogP contribution is 2.25. The van der Waals surface area contributed by atoms with E-state index in [2.05, 4.69) is 15.5 Å². The van der Waals surface area contributed by atoms with Gasteiger partial charge in [-0.05, 0) is 55.0 Å². The minimum absolute atomic E-state index is 0.177. The lowest BCUT2D eigenvalue weighted by molar-refractivity contribution is -0.147. The predicted molar refractivity (Wildman–Crippen MR) is 74.4 cm³/mol. The van der Waals surface area contributed by atoms with Crippen molar-refractivity contribution in [3.05, 3.63) is 28.8 Å². The van der Waals surface area contributed by atoms with E-state index in [0.29, 0.717) is 10.8 Å². The summed E-state index contributed by atoms with van der Waals surface area (Å²) in [5.74, 6) is -0.397. The van der Waals surface area contributed by atoms with Gasteiger partial charge in [-0.2, -0.15) is 0 Å². The average molecular weight is 295 g/mol. The summed E-state index contributed by atoms with van der Waals surface area (Å²) in [6, 6.07) is 5.49. The van der Waals surface area contributed by atoms with Gasteiger partial charge in [0.05, 0.1) is 12.0 Å². The van der Waals surface area contributed by atoms with Crippen LogP contribution in [0, 0.1) is 12.3 Å². The summed E-state index contributed by atoms with van der Waals surface area (Å²) in [6.07, 6.45) is 0. The van der Waals surface area contributed by atoms with Gasteiger partial charge in [0.2, 0.25) is 0 Å². The molecule has 1 N–H and O–H groups in total. The molecule has 0 atom stereocenters. The molecular weight excluding hydrogens is 280 g/mol. The van der Waals surface area contributed by atoms with Crippen LogP contribution in [0.1, 0.15) is 19.4 Å². The Balaban J connectivity index is 2.40. The number of rotatable bonds is 4. The Morgan fingerprint density at radius 2 is 2.10 bits per heavy atom. The Bertz CT molecular complexity index is 631. The molecule has 0 aliphatic rings. The molecular formula is C13H15ClN4O2. The molecule has 0 fully saturated rings. The summed E-state index contributed by atoms with van der Waals surface area (Å²) < 4.78 is 1.49. The first kappa shape index (κ1) is 14.5. The molecule has 20 heavy (non-hydrogen) atoms. The van der Waals surface area contributed by atoms with Crippen LogP contribution in [-0.4, -0.2) is 31.3 Å². The Labute approximate surface area is 121 Å². The molecule has 0 saturated heterocycles. The topological polar surface area (TPSA) is 80.9 Å². The molecule has 1 aromatic heterocycles. The number of aromatic nitrogens is 4. The molecule has 2 aromatic rings. The molecule has 0 spiro atoms. The lowest BCUT2D eigenvalue weighted by Gasteiger charge is -2.19. The second-order valence-corrected chi connectivity index (χ2v) is 5.80. The Hall–Kier alpha value is -1.95. The highest BCUT2D eigenvalue weighted by Gasteiger charge is 2.29. The second kappa shape index (κ2) is 5.20. The molecule has 0 saturated carbocycles. The van der Waals surface area contributed by atoms with E-state index in [4.69, 9.17) is 11.6 Å². The average Bonchev–Trinajstić information content (AvgIpc) is 2.74. The predicted octanol–water partition coefficient (Wildman–Crippen LogP) is 2.41. The van der Waals surface area contributed by atoms with Gasteiger partial charge in [-0.1, -0.05) is 11.6 Å². The fourth-order valence-electron chi connectivity index (χ4n) is 1.83. The molecule has 0 unspecified atom stereocenters. The van der Waals surface area contributed by atoms with Crippen LogP contribution in [0.15, 0.2) is 18.2 Å². The molecule has 106 valence electrons. The number of carboxylic acid groups (broad SMARTS) is 1. The van der Waals surface area contributed by atoms with Gasteiger partial charge in [0.25, 0.3) is 0 Å². The van der Waals surface area contributed by atoms with E-state index >= 15 is 0 Å². The third kappa shape index (κ3) is 2.96. The lowest BCUT2D eigenvalue weighted by atomic mass is 9.94. The first-order chi connectivity index (χ1) is 9.29. The van der Waals surface area contributed by atoms with E-state index in [0.717, 1.165) is 11.1 Å². The summed E-state index contributed by atoms with van der Waals surface area (Å²) in [5, 5.41) is 21.2. The fraction of sp³-hybridized carbons (Fsp3) is 0.385. The number of hydrogen-bond acceptors (Lipinski definition) is 4. The van der Waals surface area contributed by atoms with Crippen molar-refractivity contribution in [1.29, 1.82) is 0 Å². The number of carboxylic acids is 1. The normalized spacial score (nSPS) is 11.6. The molecule has 6 nitrogen and oxygen atoms in total. The molecule has 1 aromatic carbocycles. The Kier molecular flexibility index (Phi) is 3.76. The maximum absolute atomic E-state index is 11.2. The number of benzene rings is 1. The quantitative estimate of drug-likeness (QED) is 0.936. The van der Waals surface area contributed by atoms with Gasteiger partial charge >= 0.3 is 5.97 Å². The number of aryl methyl sites for hydroxylation is 1. The monoisotopic (exact) mass is 294 g/mol. The zero-order valence-electron chi connectivity index (χ0n) is 11.5. The highest BCUT2D eigenvalue weighted by atomic mass is 35.5. The van der Waals surface area contributed by atoms with Crippen molar-refractivity contribution in [2.45, 2.75) is 27.3 Å². The molecule has 2 rings (SSSR count). The minimum atomic E-state index is -0.961. The van der Waals surface area contributed by atoms with Crippen LogP contribution in [0.3, 0.4) is 0 Å². The van der Waals surface area contributed by atoms with Gasteiger partial charge in [-0.15, -0.1) is 5.10 Å². The third-order valence-corrected chi connectivity index (χ3v) is 3.17. The Morgan fingerprint density at radius 3 is 2.70 bits per heavy atom. The number of hydrogen-bond donors (Lipinski definition) is 1. The summed E-state index contributed by atoms with van der Waals surface area (Å²) >= 11 is 6.03. The van der Waals surface area contributed by atoms with Crippen LogP contribution < -0.4 is 0 Å². The van der Waals surface area contributed by atoms with Gasteiger partial charge in [0, 0.05) is 10.6 Å². The van der Waals surface area contributed by atoms with Crippen molar-refractivity contribution < 1.29 is 9.90 Å². The minimum Gasteiger partial charge on any atom is -0.481 e. The van der Waals surface area contributed by atoms with Crippen molar-refractivity contribution >= 4 is 17.6 Å². The van der Waals surface area contributed by atoms with E-state index < -0.39 is 11.4 Å². The molecule has 0 amide bonds. The van der Waals surface area contributed by atoms with Gasteiger partial charge in [0.15, 0.2) is 5.82 Å². The summed E-state index contributed by atoms with van der Waals surface area (Å²) in [4.78, 5) is 11.2. The third-order valence-electron chi connectivity index (χ3n) is 2.96. The molecule has 0 aliphatic heterocycles. The van der Waals surface area contributed by atoms with E-state index in [1.54, 1.807) is 19.9 Å². The molecule has 1 heterocycles. The second-order valence-electron chi connectivity index (χ2n) is 5.37. The maximum Gasteiger partial charge on any atom is 0.310 e. The van der Waals surface area contributed by atoms with Crippen LogP contribution in [0.5, 0.6) is 0 Å². The van der Waals surface area contributed by atoms with Gasteiger partial charge < -0.3 is 5.11 Å². The lowest BCUT2D eigenvalue weighted by Crippen LogP contribution is -2.30. The van der Waals surface area contributed by atoms with E-state index in [1.165, 1.54) is 4.68 Å². The number of aliphatic carboxylic acids is 1. The molecule has 0 bridgehead atoms. The van der Waals surface area contributed by atoms with E-state index in [1.807, 2.05) is 19.1 Å². The zero-order chi connectivity index (χ0) is 14.9. The van der Waals surface area contributed by atoms with Gasteiger partial charge in [0.1, 0.15) is 0 Å². The molecule has 0 aliphatic carbocycles. The fourth-order valence-corrected chi connectivity index (χ4v) is 2.12. The summed E-state index contributed by atoms with van der Waals surface area (Å²) in [7, 11) is 0. The van der Waals surface area contributed by atoms with E-state index in [9.17, 15) is 9.90 Å². The van der Waals surface area contributed by atoms with Crippen LogP contribution >= 0.6 is 11.6 Å². The van der Waals surface area contributed by atoms with Crippen molar-refractivity contribution in [3.8, 4) is 11.4 Å². The van der Waals surface area contributed by atoms with E-state index in [-0.39, 0.29) is 6.54 Å². The molecule has 7 heteroatoms. The SMILES string of the molecule is Cc1cc(Cl)cc(-c2nnnn2CC(C)(C)C(=O)O)c1. The van der Waals surface area contributed by atoms with Gasteiger partial charge in [-0.25, -0.2) is 4.68 Å². The van der Waals surface area contributed by atoms with Crippen LogP contribution in [-0.2, 0) is 11.3 Å². The van der Waals surface area contributed by atoms with Crippen molar-refractivity contribution in [2.24, 2.45) is 5.41 Å². The Morgan fingerprint density at radius 1 is 1.40 bits per heavy atom. The van der Waals surface area contributed by atoms with Crippen LogP contribution in [0.2, 0.25) is 5.02 Å².